The third kappa shape index (κ3) is 5.22. The molecular formula is C22H29N3O2. The van der Waals surface area contributed by atoms with Gasteiger partial charge in [-0.3, -0.25) is 9.59 Å². The molecule has 3 rings (SSSR count). The van der Waals surface area contributed by atoms with E-state index in [1.807, 2.05) is 39.9 Å². The molecule has 1 fully saturated rings. The van der Waals surface area contributed by atoms with E-state index in [-0.39, 0.29) is 11.8 Å². The summed E-state index contributed by atoms with van der Waals surface area (Å²) in [6.07, 6.45) is 6.70. The van der Waals surface area contributed by atoms with Gasteiger partial charge in [0.2, 0.25) is 11.8 Å². The quantitative estimate of drug-likeness (QED) is 0.787. The first-order valence-corrected chi connectivity index (χ1v) is 9.79. The number of hydrogen-bond acceptors (Lipinski definition) is 2. The minimum absolute atomic E-state index is 0.143. The van der Waals surface area contributed by atoms with E-state index in [9.17, 15) is 9.59 Å². The van der Waals surface area contributed by atoms with Crippen molar-refractivity contribution in [2.75, 3.05) is 26.2 Å². The second-order valence-electron chi connectivity index (χ2n) is 7.29. The second kappa shape index (κ2) is 8.89. The first-order chi connectivity index (χ1) is 13.0. The van der Waals surface area contributed by atoms with E-state index in [4.69, 9.17) is 0 Å². The number of hydrogen-bond donors (Lipinski definition) is 0. The Morgan fingerprint density at radius 1 is 0.852 bits per heavy atom. The Labute approximate surface area is 161 Å². The maximum Gasteiger partial charge on any atom is 0.227 e. The maximum absolute atomic E-state index is 12.5. The van der Waals surface area contributed by atoms with Crippen LogP contribution in [-0.2, 0) is 35.9 Å². The number of aromatic nitrogens is 1. The zero-order chi connectivity index (χ0) is 19.2. The number of carbonyl (C=O) groups excluding carboxylic acids is 2. The van der Waals surface area contributed by atoms with Crippen LogP contribution in [-0.4, -0.2) is 52.4 Å². The van der Waals surface area contributed by atoms with Crippen LogP contribution in [0.25, 0.3) is 0 Å². The van der Waals surface area contributed by atoms with Crippen LogP contribution in [0.4, 0.5) is 0 Å². The second-order valence-corrected chi connectivity index (χ2v) is 7.29. The Morgan fingerprint density at radius 2 is 1.44 bits per heavy atom. The summed E-state index contributed by atoms with van der Waals surface area (Å²) in [7, 11) is 1.95. The van der Waals surface area contributed by atoms with E-state index in [2.05, 4.69) is 31.2 Å². The van der Waals surface area contributed by atoms with E-state index in [0.29, 0.717) is 39.0 Å². The van der Waals surface area contributed by atoms with Gasteiger partial charge in [-0.2, -0.15) is 0 Å². The van der Waals surface area contributed by atoms with Crippen molar-refractivity contribution in [2.24, 2.45) is 7.05 Å². The van der Waals surface area contributed by atoms with E-state index in [0.717, 1.165) is 18.4 Å². The molecule has 0 atom stereocenters. The lowest BCUT2D eigenvalue weighted by Gasteiger charge is -2.35. The van der Waals surface area contributed by atoms with Gasteiger partial charge in [0.15, 0.2) is 0 Å². The van der Waals surface area contributed by atoms with Crippen molar-refractivity contribution in [1.29, 1.82) is 0 Å². The van der Waals surface area contributed by atoms with Crippen LogP contribution >= 0.6 is 0 Å². The van der Waals surface area contributed by atoms with E-state index < -0.39 is 0 Å². The molecule has 1 saturated heterocycles. The number of piperazine rings is 1. The summed E-state index contributed by atoms with van der Waals surface area (Å²) >= 11 is 0. The highest BCUT2D eigenvalue weighted by atomic mass is 16.2. The van der Waals surface area contributed by atoms with Gasteiger partial charge in [-0.05, 0) is 35.6 Å². The summed E-state index contributed by atoms with van der Waals surface area (Å²) in [5.41, 5.74) is 3.56. The molecule has 0 spiro atoms. The topological polar surface area (TPSA) is 45.6 Å². The highest BCUT2D eigenvalue weighted by molar-refractivity contribution is 5.80. The molecule has 1 aromatic heterocycles. The van der Waals surface area contributed by atoms with E-state index in [1.165, 1.54) is 11.1 Å². The van der Waals surface area contributed by atoms with Gasteiger partial charge in [-0.15, -0.1) is 0 Å². The number of amides is 2. The molecule has 1 aromatic carbocycles. The third-order valence-electron chi connectivity index (χ3n) is 5.29. The first kappa shape index (κ1) is 19.2. The minimum Gasteiger partial charge on any atom is -0.357 e. The lowest BCUT2D eigenvalue weighted by molar-refractivity contribution is -0.139. The van der Waals surface area contributed by atoms with Gasteiger partial charge in [0.05, 0.1) is 6.42 Å². The number of carbonyl (C=O) groups is 2. The molecule has 0 radical (unpaired) electrons. The fourth-order valence-electron chi connectivity index (χ4n) is 3.51. The molecule has 1 aliphatic rings. The molecular weight excluding hydrogens is 338 g/mol. The van der Waals surface area contributed by atoms with Crippen LogP contribution in [0.2, 0.25) is 0 Å². The molecule has 5 nitrogen and oxygen atoms in total. The fourth-order valence-corrected chi connectivity index (χ4v) is 3.51. The number of aryl methyl sites for hydroxylation is 3. The lowest BCUT2D eigenvalue weighted by atomic mass is 10.1. The lowest BCUT2D eigenvalue weighted by Crippen LogP contribution is -2.51. The van der Waals surface area contributed by atoms with Crippen LogP contribution in [0.3, 0.4) is 0 Å². The predicted molar refractivity (Wildman–Crippen MR) is 106 cm³/mol. The fraction of sp³-hybridized carbons (Fsp3) is 0.455. The van der Waals surface area contributed by atoms with Crippen molar-refractivity contribution in [1.82, 2.24) is 14.4 Å². The van der Waals surface area contributed by atoms with Crippen LogP contribution < -0.4 is 0 Å². The van der Waals surface area contributed by atoms with E-state index in [1.54, 1.807) is 0 Å². The van der Waals surface area contributed by atoms with Gasteiger partial charge in [0.1, 0.15) is 0 Å². The summed E-state index contributed by atoms with van der Waals surface area (Å²) in [6, 6.07) is 10.5. The molecule has 2 aromatic rings. The molecule has 0 bridgehead atoms. The van der Waals surface area contributed by atoms with Gasteiger partial charge in [-0.1, -0.05) is 31.2 Å². The van der Waals surface area contributed by atoms with Crippen molar-refractivity contribution in [3.05, 3.63) is 59.4 Å². The molecule has 27 heavy (non-hydrogen) atoms. The largest absolute Gasteiger partial charge is 0.357 e. The molecule has 1 aliphatic heterocycles. The summed E-state index contributed by atoms with van der Waals surface area (Å²) in [6.45, 7) is 4.66. The molecule has 0 aliphatic carbocycles. The van der Waals surface area contributed by atoms with Crippen molar-refractivity contribution in [3.63, 3.8) is 0 Å². The number of benzene rings is 1. The molecule has 5 heteroatoms. The summed E-state index contributed by atoms with van der Waals surface area (Å²) in [4.78, 5) is 28.7. The van der Waals surface area contributed by atoms with E-state index >= 15 is 0 Å². The Morgan fingerprint density at radius 3 is 2.00 bits per heavy atom. The average molecular weight is 367 g/mol. The van der Waals surface area contributed by atoms with Crippen LogP contribution in [0, 0.1) is 0 Å². The standard InChI is InChI=1S/C22H29N3O2/c1-3-18-4-6-19(7-5-18)8-9-21(26)24-12-14-25(15-13-24)22(27)16-20-10-11-23(2)17-20/h4-7,10-11,17H,3,8-9,12-16H2,1-2H3. The summed E-state index contributed by atoms with van der Waals surface area (Å²) in [5.74, 6) is 0.328. The highest BCUT2D eigenvalue weighted by Crippen LogP contribution is 2.11. The zero-order valence-corrected chi connectivity index (χ0v) is 16.4. The van der Waals surface area contributed by atoms with Gasteiger partial charge in [-0.25, -0.2) is 0 Å². The highest BCUT2D eigenvalue weighted by Gasteiger charge is 2.24. The molecule has 2 amide bonds. The first-order valence-electron chi connectivity index (χ1n) is 9.79. The number of rotatable bonds is 6. The smallest absolute Gasteiger partial charge is 0.227 e. The molecule has 0 saturated carbocycles. The Hall–Kier alpha value is -2.56. The minimum atomic E-state index is 0.143. The van der Waals surface area contributed by atoms with Gasteiger partial charge >= 0.3 is 0 Å². The van der Waals surface area contributed by atoms with Crippen LogP contribution in [0.15, 0.2) is 42.7 Å². The number of nitrogens with zero attached hydrogens (tertiary/aromatic N) is 3. The van der Waals surface area contributed by atoms with Crippen LogP contribution in [0.5, 0.6) is 0 Å². The molecule has 0 unspecified atom stereocenters. The molecule has 144 valence electrons. The maximum atomic E-state index is 12.5. The monoisotopic (exact) mass is 367 g/mol. The molecule has 0 N–H and O–H groups in total. The van der Waals surface area contributed by atoms with Crippen molar-refractivity contribution < 1.29 is 9.59 Å². The normalized spacial score (nSPS) is 14.4. The zero-order valence-electron chi connectivity index (χ0n) is 16.4. The third-order valence-corrected chi connectivity index (χ3v) is 5.29. The summed E-state index contributed by atoms with van der Waals surface area (Å²) in [5, 5.41) is 0. The average Bonchev–Trinajstić information content (AvgIpc) is 3.11. The Bertz CT molecular complexity index is 771. The Kier molecular flexibility index (Phi) is 6.32. The van der Waals surface area contributed by atoms with Crippen molar-refractivity contribution in [2.45, 2.75) is 32.6 Å². The SMILES string of the molecule is CCc1ccc(CCC(=O)N2CCN(C(=O)Cc3ccn(C)c3)CC2)cc1. The van der Waals surface area contributed by atoms with Crippen molar-refractivity contribution >= 4 is 11.8 Å². The van der Waals surface area contributed by atoms with Gasteiger partial charge in [0, 0.05) is 52.0 Å². The van der Waals surface area contributed by atoms with Gasteiger partial charge in [0.25, 0.3) is 0 Å². The predicted octanol–water partition coefficient (Wildman–Crippen LogP) is 2.43. The van der Waals surface area contributed by atoms with Crippen molar-refractivity contribution in [3.8, 4) is 0 Å². The Balaban J connectivity index is 1.42. The summed E-state index contributed by atoms with van der Waals surface area (Å²) < 4.78 is 1.95. The van der Waals surface area contributed by atoms with Gasteiger partial charge < -0.3 is 14.4 Å². The van der Waals surface area contributed by atoms with Crippen LogP contribution in [0.1, 0.15) is 30.0 Å². The molecule has 2 heterocycles.